The summed E-state index contributed by atoms with van der Waals surface area (Å²) in [6, 6.07) is 7.20. The summed E-state index contributed by atoms with van der Waals surface area (Å²) in [6.45, 7) is 11.0. The van der Waals surface area contributed by atoms with Crippen LogP contribution in [-0.4, -0.2) is 72.3 Å². The Morgan fingerprint density at radius 3 is 2.43 bits per heavy atom. The fraction of sp³-hybridized carbons (Fsp3) is 0.462. The van der Waals surface area contributed by atoms with Gasteiger partial charge in [-0.25, -0.2) is 9.19 Å². The number of hydrogen-bond donors (Lipinski definition) is 1. The fourth-order valence-corrected chi connectivity index (χ4v) is 7.90. The lowest BCUT2D eigenvalue weighted by atomic mass is 10.1. The number of halogens is 3. The van der Waals surface area contributed by atoms with Crippen LogP contribution in [-0.2, 0) is 22.4 Å². The lowest BCUT2D eigenvalue weighted by Crippen LogP contribution is -2.48. The number of rotatable bonds is 7. The molecule has 0 spiro atoms. The van der Waals surface area contributed by atoms with Crippen LogP contribution < -0.4 is 5.56 Å². The molecule has 4 rings (SSSR count). The molecule has 2 heterocycles. The highest BCUT2D eigenvalue weighted by molar-refractivity contribution is 9.11. The van der Waals surface area contributed by atoms with Crippen molar-refractivity contribution in [2.45, 2.75) is 44.8 Å². The topological polar surface area (TPSA) is 78.7 Å². The van der Waals surface area contributed by atoms with Gasteiger partial charge < -0.3 is 0 Å². The van der Waals surface area contributed by atoms with Gasteiger partial charge in [0.25, 0.3) is 5.56 Å². The van der Waals surface area contributed by atoms with Crippen molar-refractivity contribution in [2.24, 2.45) is 0 Å². The Morgan fingerprint density at radius 2 is 1.81 bits per heavy atom. The zero-order chi connectivity index (χ0) is 27.1. The van der Waals surface area contributed by atoms with Crippen LogP contribution in [0.2, 0.25) is 5.02 Å². The van der Waals surface area contributed by atoms with E-state index in [0.717, 1.165) is 47.2 Å². The van der Waals surface area contributed by atoms with E-state index in [2.05, 4.69) is 60.5 Å². The van der Waals surface area contributed by atoms with E-state index in [1.807, 2.05) is 6.07 Å². The van der Waals surface area contributed by atoms with Crippen molar-refractivity contribution in [3.8, 4) is 0 Å². The zero-order valence-electron chi connectivity index (χ0n) is 21.5. The molecular formula is C26H33Br2ClN4O3S. The maximum Gasteiger partial charge on any atom is 0.261 e. The first-order valence-corrected chi connectivity index (χ1v) is 16.7. The average Bonchev–Trinajstić information content (AvgIpc) is 2.84. The first-order valence-electron chi connectivity index (χ1n) is 12.3. The Morgan fingerprint density at radius 1 is 1.14 bits per heavy atom. The fourth-order valence-electron chi connectivity index (χ4n) is 4.71. The number of piperazine rings is 1. The van der Waals surface area contributed by atoms with Crippen LogP contribution in [0.5, 0.6) is 0 Å². The molecule has 11 heteroatoms. The van der Waals surface area contributed by atoms with E-state index in [-0.39, 0.29) is 17.9 Å². The van der Waals surface area contributed by atoms with Gasteiger partial charge in [0, 0.05) is 64.7 Å². The lowest BCUT2D eigenvalue weighted by molar-refractivity contribution is 0.104. The zero-order valence-corrected chi connectivity index (χ0v) is 26.3. The predicted octanol–water partition coefficient (Wildman–Crippen LogP) is 5.45. The van der Waals surface area contributed by atoms with Gasteiger partial charge in [-0.3, -0.25) is 23.7 Å². The molecule has 0 amide bonds. The van der Waals surface area contributed by atoms with Gasteiger partial charge >= 0.3 is 0 Å². The highest BCUT2D eigenvalue weighted by Gasteiger charge is 2.26. The maximum absolute atomic E-state index is 13.5. The lowest BCUT2D eigenvalue weighted by Gasteiger charge is -2.39. The third kappa shape index (κ3) is 6.05. The number of nitrogens with zero attached hydrogens (tertiary/aromatic N) is 4. The molecule has 0 unspecified atom stereocenters. The van der Waals surface area contributed by atoms with Crippen LogP contribution >= 0.6 is 43.5 Å². The normalized spacial score (nSPS) is 16.8. The van der Waals surface area contributed by atoms with E-state index in [1.54, 1.807) is 25.1 Å². The second-order valence-corrected chi connectivity index (χ2v) is 16.2. The molecule has 1 fully saturated rings. The molecule has 3 aromatic rings. The van der Waals surface area contributed by atoms with Gasteiger partial charge in [0.15, 0.2) is 0 Å². The minimum Gasteiger partial charge on any atom is -0.299 e. The van der Waals surface area contributed by atoms with Gasteiger partial charge in [-0.1, -0.05) is 27.5 Å². The number of hydrogen-bond acceptors (Lipinski definition) is 5. The number of benzene rings is 2. The van der Waals surface area contributed by atoms with E-state index < -0.39 is 9.35 Å². The van der Waals surface area contributed by atoms with Crippen LogP contribution in [0.15, 0.2) is 49.2 Å². The van der Waals surface area contributed by atoms with Crippen LogP contribution in [0.4, 0.5) is 0 Å². The van der Waals surface area contributed by atoms with Gasteiger partial charge in [-0.05, 0) is 72.1 Å². The van der Waals surface area contributed by atoms with Gasteiger partial charge in [0.1, 0.15) is 0 Å². The molecule has 1 aliphatic heterocycles. The number of aromatic nitrogens is 2. The van der Waals surface area contributed by atoms with E-state index >= 15 is 0 Å². The Kier molecular flexibility index (Phi) is 8.42. The van der Waals surface area contributed by atoms with Crippen molar-refractivity contribution in [3.63, 3.8) is 0 Å². The van der Waals surface area contributed by atoms with Crippen molar-refractivity contribution in [3.05, 3.63) is 66.0 Å². The minimum atomic E-state index is -4.08. The molecular weight excluding hydrogens is 644 g/mol. The van der Waals surface area contributed by atoms with Crippen LogP contribution in [0.25, 0.3) is 10.9 Å². The van der Waals surface area contributed by atoms with E-state index in [1.165, 1.54) is 17.2 Å². The Balaban J connectivity index is 1.68. The number of fused-ring (bicyclic) bond motifs is 1. The molecule has 2 aromatic carbocycles. The first-order chi connectivity index (χ1) is 17.3. The summed E-state index contributed by atoms with van der Waals surface area (Å²) in [7, 11) is -4.08. The minimum absolute atomic E-state index is 0.0614. The van der Waals surface area contributed by atoms with E-state index in [0.29, 0.717) is 32.4 Å². The second kappa shape index (κ2) is 10.8. The molecule has 7 nitrogen and oxygen atoms in total. The van der Waals surface area contributed by atoms with Crippen molar-refractivity contribution in [2.75, 3.05) is 38.2 Å². The Bertz CT molecular complexity index is 1460. The highest BCUT2D eigenvalue weighted by Crippen LogP contribution is 2.35. The van der Waals surface area contributed by atoms with Crippen molar-refractivity contribution < 1.29 is 8.76 Å². The Labute approximate surface area is 239 Å². The molecule has 1 N–H and O–H groups in total. The molecule has 0 bridgehead atoms. The van der Waals surface area contributed by atoms with Crippen LogP contribution in [0.1, 0.15) is 31.9 Å². The van der Waals surface area contributed by atoms with Crippen LogP contribution in [0, 0.1) is 0 Å². The van der Waals surface area contributed by atoms with Gasteiger partial charge in [0.2, 0.25) is 0 Å². The summed E-state index contributed by atoms with van der Waals surface area (Å²) >= 11 is 13.6. The summed E-state index contributed by atoms with van der Waals surface area (Å²) < 4.78 is 27.3. The van der Waals surface area contributed by atoms with Gasteiger partial charge in [0.05, 0.1) is 28.7 Å². The van der Waals surface area contributed by atoms with Gasteiger partial charge in [-0.2, -0.15) is 9.35 Å². The SMILES string of the molecule is CCS(C)(=O)(O)c1ccc(Cl)cc1Cn1cnc2c(Br)c(CN3CCN(C(C)C)CC3)c(Br)cc2c1=O. The summed E-state index contributed by atoms with van der Waals surface area (Å²) in [5.41, 5.74) is 1.95. The largest absolute Gasteiger partial charge is 0.299 e. The highest BCUT2D eigenvalue weighted by atomic mass is 79.9. The summed E-state index contributed by atoms with van der Waals surface area (Å²) in [4.78, 5) is 23.3. The molecule has 0 atom stereocenters. The third-order valence-corrected chi connectivity index (χ3v) is 11.9. The predicted molar refractivity (Wildman–Crippen MR) is 159 cm³/mol. The van der Waals surface area contributed by atoms with E-state index in [4.69, 9.17) is 11.6 Å². The summed E-state index contributed by atoms with van der Waals surface area (Å²) in [5.74, 6) is 0.0614. The smallest absolute Gasteiger partial charge is 0.261 e. The van der Waals surface area contributed by atoms with E-state index in [9.17, 15) is 13.6 Å². The molecule has 1 saturated heterocycles. The average molecular weight is 677 g/mol. The Hall–Kier alpha value is -1.14. The second-order valence-electron chi connectivity index (χ2n) is 10.2. The van der Waals surface area contributed by atoms with Crippen molar-refractivity contribution in [1.29, 1.82) is 0 Å². The monoisotopic (exact) mass is 674 g/mol. The first kappa shape index (κ1) is 28.9. The summed E-state index contributed by atoms with van der Waals surface area (Å²) in [5, 5.41) is 0.899. The quantitative estimate of drug-likeness (QED) is 0.359. The summed E-state index contributed by atoms with van der Waals surface area (Å²) in [6.07, 6.45) is 2.85. The molecule has 1 aliphatic rings. The van der Waals surface area contributed by atoms with Crippen LogP contribution in [0.3, 0.4) is 0 Å². The third-order valence-electron chi connectivity index (χ3n) is 7.23. The molecule has 1 aromatic heterocycles. The van der Waals surface area contributed by atoms with Gasteiger partial charge in [-0.15, -0.1) is 0 Å². The molecule has 0 saturated carbocycles. The maximum atomic E-state index is 13.5. The van der Waals surface area contributed by atoms with Crippen molar-refractivity contribution in [1.82, 2.24) is 19.4 Å². The molecule has 37 heavy (non-hydrogen) atoms. The molecule has 202 valence electrons. The van der Waals surface area contributed by atoms with Crippen molar-refractivity contribution >= 4 is 63.7 Å². The molecule has 0 aliphatic carbocycles. The standard InChI is InChI=1S/C26H33Br2ClN4O3S/c1-5-37(4,35,36)23-7-6-19(29)12-18(23)14-33-16-30-25-20(26(33)34)13-22(27)21(24(25)28)15-31-8-10-32(11-9-31)17(2)3/h6-7,12-13,16-17H,5,8-11,14-15H2,1-4H3,(H,35,36). The molecule has 0 radical (unpaired) electrons.